The van der Waals surface area contributed by atoms with Crippen LogP contribution in [0.3, 0.4) is 0 Å². The number of carboxylic acid groups (broad SMARTS) is 1. The van der Waals surface area contributed by atoms with Crippen LogP contribution in [0.25, 0.3) is 0 Å². The number of benzene rings is 1. The molecule has 0 aromatic heterocycles. The number of hydrogen-bond acceptors (Lipinski definition) is 2. The molecule has 0 unspecified atom stereocenters. The second-order valence-corrected chi connectivity index (χ2v) is 5.61. The second-order valence-electron chi connectivity index (χ2n) is 4.75. The molecule has 3 N–H and O–H groups in total. The van der Waals surface area contributed by atoms with E-state index < -0.39 is 23.4 Å². The molecule has 0 saturated heterocycles. The van der Waals surface area contributed by atoms with Gasteiger partial charge in [0.1, 0.15) is 11.4 Å². The maximum absolute atomic E-state index is 13.5. The van der Waals surface area contributed by atoms with E-state index in [1.54, 1.807) is 20.8 Å². The van der Waals surface area contributed by atoms with Crippen LogP contribution >= 0.6 is 15.9 Å². The Labute approximate surface area is 131 Å². The fourth-order valence-electron chi connectivity index (χ4n) is 1.93. The highest BCUT2D eigenvalue weighted by Crippen LogP contribution is 2.24. The van der Waals surface area contributed by atoms with Gasteiger partial charge in [0, 0.05) is 5.69 Å². The van der Waals surface area contributed by atoms with Crippen molar-refractivity contribution in [2.45, 2.75) is 39.2 Å². The van der Waals surface area contributed by atoms with E-state index in [1.165, 1.54) is 12.1 Å². The van der Waals surface area contributed by atoms with Gasteiger partial charge in [-0.1, -0.05) is 13.8 Å². The topological polar surface area (TPSA) is 78.4 Å². The third-order valence-corrected chi connectivity index (χ3v) is 4.09. The van der Waals surface area contributed by atoms with Gasteiger partial charge in [0.15, 0.2) is 0 Å². The molecule has 116 valence electrons. The van der Waals surface area contributed by atoms with Crippen LogP contribution in [0.2, 0.25) is 0 Å². The van der Waals surface area contributed by atoms with Crippen LogP contribution in [0.1, 0.15) is 32.3 Å². The van der Waals surface area contributed by atoms with Crippen molar-refractivity contribution in [3.63, 3.8) is 0 Å². The van der Waals surface area contributed by atoms with Crippen molar-refractivity contribution in [1.29, 1.82) is 0 Å². The maximum Gasteiger partial charge on any atom is 0.329 e. The summed E-state index contributed by atoms with van der Waals surface area (Å²) in [4.78, 5) is 23.3. The summed E-state index contributed by atoms with van der Waals surface area (Å²) in [6, 6.07) is 2.04. The second kappa shape index (κ2) is 6.89. The van der Waals surface area contributed by atoms with E-state index in [0.29, 0.717) is 15.7 Å². The average molecular weight is 361 g/mol. The molecule has 21 heavy (non-hydrogen) atoms. The van der Waals surface area contributed by atoms with Crippen molar-refractivity contribution in [3.05, 3.63) is 28.0 Å². The molecule has 1 aromatic rings. The first-order valence-corrected chi connectivity index (χ1v) is 7.33. The van der Waals surface area contributed by atoms with Gasteiger partial charge in [-0.2, -0.15) is 0 Å². The molecule has 0 aliphatic rings. The summed E-state index contributed by atoms with van der Waals surface area (Å²) in [5.74, 6) is -1.60. The molecular formula is C14H18BrFN2O3. The predicted molar refractivity (Wildman–Crippen MR) is 81.9 cm³/mol. The number of amides is 2. The van der Waals surface area contributed by atoms with Gasteiger partial charge in [-0.3, -0.25) is 0 Å². The SMILES string of the molecule is CCC(CC)(NC(=O)Nc1cc(F)c(Br)cc1C)C(=O)O. The number of hydrogen-bond donors (Lipinski definition) is 3. The normalized spacial score (nSPS) is 11.1. The molecule has 0 bridgehead atoms. The number of aliphatic carboxylic acids is 1. The Balaban J connectivity index is 2.92. The summed E-state index contributed by atoms with van der Waals surface area (Å²) in [6.07, 6.45) is 0.500. The highest BCUT2D eigenvalue weighted by molar-refractivity contribution is 9.10. The number of rotatable bonds is 5. The van der Waals surface area contributed by atoms with Gasteiger partial charge in [-0.05, 0) is 53.4 Å². The van der Waals surface area contributed by atoms with Crippen molar-refractivity contribution >= 4 is 33.6 Å². The summed E-state index contributed by atoms with van der Waals surface area (Å²) in [5.41, 5.74) is -0.377. The third kappa shape index (κ3) is 3.93. The van der Waals surface area contributed by atoms with Crippen LogP contribution in [-0.2, 0) is 4.79 Å². The van der Waals surface area contributed by atoms with E-state index in [4.69, 9.17) is 0 Å². The first-order valence-electron chi connectivity index (χ1n) is 6.54. The predicted octanol–water partition coefficient (Wildman–Crippen LogP) is 3.66. The van der Waals surface area contributed by atoms with E-state index in [1.807, 2.05) is 0 Å². The molecule has 1 rings (SSSR count). The Morgan fingerprint density at radius 2 is 1.90 bits per heavy atom. The van der Waals surface area contributed by atoms with Crippen LogP contribution in [0, 0.1) is 12.7 Å². The molecule has 0 radical (unpaired) electrons. The summed E-state index contributed by atoms with van der Waals surface area (Å²) >= 11 is 3.06. The minimum absolute atomic E-state index is 0.250. The number of urea groups is 1. The van der Waals surface area contributed by atoms with Gasteiger partial charge >= 0.3 is 12.0 Å². The standard InChI is InChI=1S/C14H18BrFN2O3/c1-4-14(5-2,12(19)20)18-13(21)17-11-7-10(16)9(15)6-8(11)3/h6-7H,4-5H2,1-3H3,(H,19,20)(H2,17,18,21). The van der Waals surface area contributed by atoms with Crippen LogP contribution < -0.4 is 10.6 Å². The number of carbonyl (C=O) groups is 2. The highest BCUT2D eigenvalue weighted by Gasteiger charge is 2.36. The van der Waals surface area contributed by atoms with Gasteiger partial charge in [0.2, 0.25) is 0 Å². The Morgan fingerprint density at radius 1 is 1.33 bits per heavy atom. The Hall–Kier alpha value is -1.63. The van der Waals surface area contributed by atoms with Gasteiger partial charge in [-0.25, -0.2) is 14.0 Å². The minimum atomic E-state index is -1.33. The number of anilines is 1. The molecule has 0 heterocycles. The van der Waals surface area contributed by atoms with Crippen LogP contribution in [-0.4, -0.2) is 22.6 Å². The van der Waals surface area contributed by atoms with Gasteiger partial charge in [-0.15, -0.1) is 0 Å². The molecule has 0 atom stereocenters. The molecule has 1 aromatic carbocycles. The molecule has 7 heteroatoms. The number of nitrogens with one attached hydrogen (secondary N) is 2. The Bertz CT molecular complexity index is 559. The molecule has 0 aliphatic heterocycles. The van der Waals surface area contributed by atoms with E-state index in [-0.39, 0.29) is 12.8 Å². The van der Waals surface area contributed by atoms with Crippen LogP contribution in [0.15, 0.2) is 16.6 Å². The number of aryl methyl sites for hydroxylation is 1. The molecule has 0 fully saturated rings. The summed E-state index contributed by atoms with van der Waals surface area (Å²) in [6.45, 7) is 5.08. The average Bonchev–Trinajstić information content (AvgIpc) is 2.42. The lowest BCUT2D eigenvalue weighted by Crippen LogP contribution is -2.55. The van der Waals surface area contributed by atoms with Crippen molar-refractivity contribution in [2.24, 2.45) is 0 Å². The zero-order valence-corrected chi connectivity index (χ0v) is 13.7. The molecule has 0 aliphatic carbocycles. The van der Waals surface area contributed by atoms with E-state index >= 15 is 0 Å². The van der Waals surface area contributed by atoms with Crippen molar-refractivity contribution in [3.8, 4) is 0 Å². The van der Waals surface area contributed by atoms with Gasteiger partial charge < -0.3 is 15.7 Å². The zero-order valence-electron chi connectivity index (χ0n) is 12.1. The molecule has 0 saturated carbocycles. The molecule has 2 amide bonds. The zero-order chi connectivity index (χ0) is 16.2. The summed E-state index contributed by atoms with van der Waals surface area (Å²) in [5, 5.41) is 14.2. The summed E-state index contributed by atoms with van der Waals surface area (Å²) in [7, 11) is 0. The van der Waals surface area contributed by atoms with E-state index in [9.17, 15) is 19.1 Å². The third-order valence-electron chi connectivity index (χ3n) is 3.48. The maximum atomic E-state index is 13.5. The van der Waals surface area contributed by atoms with Crippen LogP contribution in [0.4, 0.5) is 14.9 Å². The lowest BCUT2D eigenvalue weighted by atomic mass is 9.93. The smallest absolute Gasteiger partial charge is 0.329 e. The quantitative estimate of drug-likeness (QED) is 0.749. The van der Waals surface area contributed by atoms with Crippen LogP contribution in [0.5, 0.6) is 0 Å². The number of carbonyl (C=O) groups excluding carboxylic acids is 1. The minimum Gasteiger partial charge on any atom is -0.480 e. The lowest BCUT2D eigenvalue weighted by molar-refractivity contribution is -0.144. The first-order chi connectivity index (χ1) is 9.75. The Kier molecular flexibility index (Phi) is 5.71. The van der Waals surface area contributed by atoms with Gasteiger partial charge in [0.25, 0.3) is 0 Å². The lowest BCUT2D eigenvalue weighted by Gasteiger charge is -2.28. The van der Waals surface area contributed by atoms with E-state index in [0.717, 1.165) is 0 Å². The van der Waals surface area contributed by atoms with E-state index in [2.05, 4.69) is 26.6 Å². The highest BCUT2D eigenvalue weighted by atomic mass is 79.9. The fourth-order valence-corrected chi connectivity index (χ4v) is 2.39. The largest absolute Gasteiger partial charge is 0.480 e. The Morgan fingerprint density at radius 3 is 2.38 bits per heavy atom. The number of carboxylic acids is 1. The number of halogens is 2. The summed E-state index contributed by atoms with van der Waals surface area (Å²) < 4.78 is 13.8. The fraction of sp³-hybridized carbons (Fsp3) is 0.429. The molecular weight excluding hydrogens is 343 g/mol. The first kappa shape index (κ1) is 17.4. The van der Waals surface area contributed by atoms with Crippen molar-refractivity contribution in [2.75, 3.05) is 5.32 Å². The molecule has 5 nitrogen and oxygen atoms in total. The van der Waals surface area contributed by atoms with Gasteiger partial charge in [0.05, 0.1) is 4.47 Å². The monoisotopic (exact) mass is 360 g/mol. The molecule has 0 spiro atoms. The van der Waals surface area contributed by atoms with Crippen molar-refractivity contribution in [1.82, 2.24) is 5.32 Å². The van der Waals surface area contributed by atoms with Crippen molar-refractivity contribution < 1.29 is 19.1 Å².